The van der Waals surface area contributed by atoms with Crippen molar-refractivity contribution in [1.29, 1.82) is 0 Å². The summed E-state index contributed by atoms with van der Waals surface area (Å²) in [4.78, 5) is 27.3. The Balaban J connectivity index is 1.31. The quantitative estimate of drug-likeness (QED) is 0.387. The maximum Gasteiger partial charge on any atom is 0.261 e. The molecule has 176 valence electrons. The van der Waals surface area contributed by atoms with E-state index in [-0.39, 0.29) is 12.1 Å². The summed E-state index contributed by atoms with van der Waals surface area (Å²) in [5, 5.41) is 4.50. The fourth-order valence-corrected chi connectivity index (χ4v) is 3.68. The number of para-hydroxylation sites is 1. The topological polar surface area (TPSA) is 112 Å². The Morgan fingerprint density at radius 3 is 2.56 bits per heavy atom. The van der Waals surface area contributed by atoms with Gasteiger partial charge in [-0.15, -0.1) is 0 Å². The Morgan fingerprint density at radius 2 is 1.79 bits per heavy atom. The Bertz CT molecular complexity index is 1230. The summed E-state index contributed by atoms with van der Waals surface area (Å²) in [5.74, 6) is -0.0574. The Hall–Kier alpha value is -3.95. The highest BCUT2D eigenvalue weighted by atomic mass is 19.1. The predicted octanol–water partition coefficient (Wildman–Crippen LogP) is 2.08. The van der Waals surface area contributed by atoms with E-state index in [9.17, 15) is 14.0 Å². The molecule has 1 aromatic heterocycles. The van der Waals surface area contributed by atoms with Gasteiger partial charge in [0.15, 0.2) is 5.66 Å². The van der Waals surface area contributed by atoms with E-state index in [1.54, 1.807) is 47.7 Å². The van der Waals surface area contributed by atoms with Crippen molar-refractivity contribution in [2.45, 2.75) is 25.2 Å². The fraction of sp³-hybridized carbons (Fsp3) is 0.200. The summed E-state index contributed by atoms with van der Waals surface area (Å²) in [7, 11) is 0. The number of hydrogen-bond acceptors (Lipinski definition) is 6. The molecule has 2 heterocycles. The van der Waals surface area contributed by atoms with Crippen molar-refractivity contribution in [3.63, 3.8) is 0 Å². The highest BCUT2D eigenvalue weighted by Gasteiger charge is 2.36. The first kappa shape index (κ1) is 23.2. The SMILES string of the molecule is NC1(C(=O)NCc2ccccc2OCF)C=CN(Cc2ccc(Cc3ccc[nH]c3=O)cc2)N1. The second-order valence-corrected chi connectivity index (χ2v) is 7.99. The monoisotopic (exact) mass is 463 g/mol. The molecule has 0 bridgehead atoms. The summed E-state index contributed by atoms with van der Waals surface area (Å²) in [5.41, 5.74) is 11.1. The molecule has 0 saturated carbocycles. The number of nitrogens with two attached hydrogens (primary N) is 1. The van der Waals surface area contributed by atoms with Gasteiger partial charge in [0.25, 0.3) is 11.5 Å². The maximum atomic E-state index is 12.7. The van der Waals surface area contributed by atoms with Gasteiger partial charge in [-0.1, -0.05) is 48.5 Å². The fourth-order valence-electron chi connectivity index (χ4n) is 3.68. The number of aromatic nitrogens is 1. The van der Waals surface area contributed by atoms with Crippen LogP contribution in [0.3, 0.4) is 0 Å². The maximum absolute atomic E-state index is 12.7. The van der Waals surface area contributed by atoms with Crippen LogP contribution in [0.4, 0.5) is 4.39 Å². The number of aromatic amines is 1. The Kier molecular flexibility index (Phi) is 7.05. The third-order valence-electron chi connectivity index (χ3n) is 5.51. The molecule has 1 aliphatic heterocycles. The number of H-pyrrole nitrogens is 1. The second-order valence-electron chi connectivity index (χ2n) is 7.99. The van der Waals surface area contributed by atoms with E-state index < -0.39 is 18.4 Å². The molecule has 1 aliphatic rings. The minimum atomic E-state index is -1.41. The van der Waals surface area contributed by atoms with Crippen molar-refractivity contribution in [2.75, 3.05) is 6.86 Å². The number of nitrogens with zero attached hydrogens (tertiary/aromatic N) is 1. The zero-order valence-corrected chi connectivity index (χ0v) is 18.5. The second kappa shape index (κ2) is 10.3. The van der Waals surface area contributed by atoms with E-state index in [1.807, 2.05) is 36.4 Å². The number of alkyl halides is 1. The van der Waals surface area contributed by atoms with Crippen LogP contribution in [0, 0.1) is 0 Å². The number of nitrogens with one attached hydrogen (secondary N) is 3. The molecule has 1 atom stereocenters. The first-order valence-electron chi connectivity index (χ1n) is 10.8. The summed E-state index contributed by atoms with van der Waals surface area (Å²) in [6, 6.07) is 18.4. The molecule has 1 unspecified atom stereocenters. The molecule has 8 nitrogen and oxygen atoms in total. The van der Waals surface area contributed by atoms with Gasteiger partial charge in [-0.25, -0.2) is 9.82 Å². The van der Waals surface area contributed by atoms with E-state index >= 15 is 0 Å². The van der Waals surface area contributed by atoms with E-state index in [4.69, 9.17) is 10.5 Å². The van der Waals surface area contributed by atoms with Crippen molar-refractivity contribution in [3.05, 3.63) is 112 Å². The van der Waals surface area contributed by atoms with Crippen LogP contribution >= 0.6 is 0 Å². The number of halogens is 1. The van der Waals surface area contributed by atoms with Gasteiger partial charge in [-0.2, -0.15) is 0 Å². The van der Waals surface area contributed by atoms with Crippen molar-refractivity contribution < 1.29 is 13.9 Å². The van der Waals surface area contributed by atoms with Gasteiger partial charge in [0.05, 0.1) is 6.54 Å². The van der Waals surface area contributed by atoms with Crippen molar-refractivity contribution in [1.82, 2.24) is 20.7 Å². The molecule has 4 rings (SSSR count). The highest BCUT2D eigenvalue weighted by Crippen LogP contribution is 2.19. The lowest BCUT2D eigenvalue weighted by Gasteiger charge is -2.26. The van der Waals surface area contributed by atoms with Crippen LogP contribution in [0.1, 0.15) is 22.3 Å². The number of hydrogen-bond donors (Lipinski definition) is 4. The van der Waals surface area contributed by atoms with Crippen LogP contribution in [0.5, 0.6) is 5.75 Å². The number of benzene rings is 2. The van der Waals surface area contributed by atoms with Crippen LogP contribution in [-0.2, 0) is 24.3 Å². The number of ether oxygens (including phenoxy) is 1. The molecule has 0 radical (unpaired) electrons. The predicted molar refractivity (Wildman–Crippen MR) is 126 cm³/mol. The van der Waals surface area contributed by atoms with Gasteiger partial charge in [0.2, 0.25) is 6.86 Å². The molecule has 5 N–H and O–H groups in total. The van der Waals surface area contributed by atoms with Crippen LogP contribution < -0.4 is 26.8 Å². The Labute approximate surface area is 196 Å². The van der Waals surface area contributed by atoms with Gasteiger partial charge >= 0.3 is 0 Å². The van der Waals surface area contributed by atoms with E-state index in [0.717, 1.165) is 11.1 Å². The van der Waals surface area contributed by atoms with Crippen molar-refractivity contribution >= 4 is 5.91 Å². The van der Waals surface area contributed by atoms with Crippen molar-refractivity contribution in [2.24, 2.45) is 5.73 Å². The average Bonchev–Trinajstić information content (AvgIpc) is 3.23. The molecule has 0 saturated heterocycles. The molecular weight excluding hydrogens is 437 g/mol. The molecule has 9 heteroatoms. The van der Waals surface area contributed by atoms with E-state index in [1.165, 1.54) is 0 Å². The number of amides is 1. The first-order chi connectivity index (χ1) is 16.5. The number of rotatable bonds is 9. The lowest BCUT2D eigenvalue weighted by atomic mass is 10.0. The molecule has 0 aliphatic carbocycles. The normalized spacial score (nSPS) is 17.1. The third kappa shape index (κ3) is 5.51. The lowest BCUT2D eigenvalue weighted by Crippen LogP contribution is -2.62. The van der Waals surface area contributed by atoms with Crippen LogP contribution in [0.2, 0.25) is 0 Å². The number of carbonyl (C=O) groups excluding carboxylic acids is 1. The largest absolute Gasteiger partial charge is 0.463 e. The smallest absolute Gasteiger partial charge is 0.261 e. The highest BCUT2D eigenvalue weighted by molar-refractivity contribution is 5.88. The van der Waals surface area contributed by atoms with Gasteiger partial charge < -0.3 is 25.8 Å². The standard InChI is InChI=1S/C25H26FN5O3/c26-17-34-22-6-2-1-4-21(22)15-29-24(33)25(27)11-13-31(30-25)16-19-9-7-18(8-10-19)14-20-5-3-12-28-23(20)32/h1-13,30H,14-17,27H2,(H,28,32)(H,29,33). The third-order valence-corrected chi connectivity index (χ3v) is 5.51. The molecular formula is C25H26FN5O3. The molecule has 34 heavy (non-hydrogen) atoms. The molecule has 1 amide bonds. The summed E-state index contributed by atoms with van der Waals surface area (Å²) in [6.07, 6.45) is 5.46. The summed E-state index contributed by atoms with van der Waals surface area (Å²) in [6.45, 7) is -0.312. The van der Waals surface area contributed by atoms with Crippen LogP contribution in [0.15, 0.2) is 83.9 Å². The zero-order chi connectivity index (χ0) is 24.0. The van der Waals surface area contributed by atoms with E-state index in [0.29, 0.717) is 29.8 Å². The van der Waals surface area contributed by atoms with Gasteiger partial charge in [0.1, 0.15) is 5.75 Å². The summed E-state index contributed by atoms with van der Waals surface area (Å²) >= 11 is 0. The summed E-state index contributed by atoms with van der Waals surface area (Å²) < 4.78 is 17.5. The molecule has 0 fully saturated rings. The Morgan fingerprint density at radius 1 is 1.06 bits per heavy atom. The van der Waals surface area contributed by atoms with Crippen LogP contribution in [-0.4, -0.2) is 28.4 Å². The van der Waals surface area contributed by atoms with Gasteiger partial charge in [-0.05, 0) is 29.3 Å². The minimum Gasteiger partial charge on any atom is -0.463 e. The first-order valence-corrected chi connectivity index (χ1v) is 10.8. The average molecular weight is 464 g/mol. The number of carbonyl (C=O) groups is 1. The van der Waals surface area contributed by atoms with Crippen LogP contribution in [0.25, 0.3) is 0 Å². The van der Waals surface area contributed by atoms with E-state index in [2.05, 4.69) is 15.7 Å². The van der Waals surface area contributed by atoms with Gasteiger partial charge in [0, 0.05) is 36.5 Å². The van der Waals surface area contributed by atoms with Crippen molar-refractivity contribution in [3.8, 4) is 5.75 Å². The minimum absolute atomic E-state index is 0.0889. The van der Waals surface area contributed by atoms with Gasteiger partial charge in [-0.3, -0.25) is 9.59 Å². The zero-order valence-electron chi connectivity index (χ0n) is 18.5. The number of hydrazine groups is 1. The molecule has 0 spiro atoms. The molecule has 3 aromatic rings. The number of pyridine rings is 1. The molecule has 2 aromatic carbocycles. The lowest BCUT2D eigenvalue weighted by molar-refractivity contribution is -0.126.